The van der Waals surface area contributed by atoms with Gasteiger partial charge in [0.1, 0.15) is 5.75 Å². The van der Waals surface area contributed by atoms with Crippen LogP contribution in [-0.4, -0.2) is 97.7 Å². The van der Waals surface area contributed by atoms with Gasteiger partial charge in [-0.3, -0.25) is 9.59 Å². The quantitative estimate of drug-likeness (QED) is 0.318. The van der Waals surface area contributed by atoms with E-state index >= 15 is 0 Å². The summed E-state index contributed by atoms with van der Waals surface area (Å²) in [7, 11) is 3.92. The van der Waals surface area contributed by atoms with Crippen molar-refractivity contribution < 1.29 is 19.1 Å². The van der Waals surface area contributed by atoms with E-state index in [1.54, 1.807) is 24.4 Å². The standard InChI is InChI=1S/C32H41ClN6O4/c1-6-22-21-38(32(41)24-12-11-23(42-7-2)20-26(24)33)18-19-39(22)28-14-13-27(25-10-9-15-35-31(25)43-8-3)36-29(28)30(40)34-16-17-37(4)5/h9-15,20,22H,6-8,16-19,21H2,1-5H3,(H,34,40)/t22-/m1/s1. The van der Waals surface area contributed by atoms with Gasteiger partial charge in [0.2, 0.25) is 5.88 Å². The van der Waals surface area contributed by atoms with Gasteiger partial charge in [-0.25, -0.2) is 9.97 Å². The number of likely N-dealkylation sites (N-methyl/N-ethyl adjacent to an activating group) is 1. The number of nitrogens with zero attached hydrogens (tertiary/aromatic N) is 5. The lowest BCUT2D eigenvalue weighted by molar-refractivity contribution is 0.0720. The highest BCUT2D eigenvalue weighted by atomic mass is 35.5. The van der Waals surface area contributed by atoms with Crippen molar-refractivity contribution in [3.8, 4) is 22.9 Å². The molecule has 0 aliphatic carbocycles. The number of hydrogen-bond donors (Lipinski definition) is 1. The minimum atomic E-state index is -0.255. The molecule has 0 bridgehead atoms. The number of carbonyl (C=O) groups excluding carboxylic acids is 2. The Morgan fingerprint density at radius 1 is 1.07 bits per heavy atom. The van der Waals surface area contributed by atoms with Crippen LogP contribution in [0.2, 0.25) is 5.02 Å². The largest absolute Gasteiger partial charge is 0.494 e. The van der Waals surface area contributed by atoms with E-state index in [4.69, 9.17) is 26.1 Å². The van der Waals surface area contributed by atoms with Gasteiger partial charge in [0.25, 0.3) is 11.8 Å². The van der Waals surface area contributed by atoms with Crippen molar-refractivity contribution in [3.63, 3.8) is 0 Å². The molecule has 2 aromatic heterocycles. The number of benzene rings is 1. The van der Waals surface area contributed by atoms with Gasteiger partial charge in [-0.1, -0.05) is 18.5 Å². The Morgan fingerprint density at radius 3 is 2.56 bits per heavy atom. The molecule has 10 nitrogen and oxygen atoms in total. The molecular weight excluding hydrogens is 568 g/mol. The molecule has 1 aromatic carbocycles. The average molecular weight is 609 g/mol. The third-order valence-electron chi connectivity index (χ3n) is 7.29. The summed E-state index contributed by atoms with van der Waals surface area (Å²) in [6.07, 6.45) is 2.44. The Hall–Kier alpha value is -3.89. The minimum absolute atomic E-state index is 0.0301. The summed E-state index contributed by atoms with van der Waals surface area (Å²) in [5, 5.41) is 3.39. The lowest BCUT2D eigenvalue weighted by Gasteiger charge is -2.43. The zero-order chi connectivity index (χ0) is 30.9. The summed E-state index contributed by atoms with van der Waals surface area (Å²) >= 11 is 6.48. The van der Waals surface area contributed by atoms with Crippen molar-refractivity contribution in [3.05, 3.63) is 64.9 Å². The van der Waals surface area contributed by atoms with Gasteiger partial charge < -0.3 is 29.5 Å². The van der Waals surface area contributed by atoms with Gasteiger partial charge in [0, 0.05) is 45.0 Å². The second-order valence-electron chi connectivity index (χ2n) is 10.5. The van der Waals surface area contributed by atoms with Crippen LogP contribution in [0.1, 0.15) is 48.0 Å². The highest BCUT2D eigenvalue weighted by Crippen LogP contribution is 2.32. The Balaban J connectivity index is 1.63. The van der Waals surface area contributed by atoms with Crippen molar-refractivity contribution in [1.82, 2.24) is 25.1 Å². The van der Waals surface area contributed by atoms with E-state index in [0.717, 1.165) is 12.1 Å². The summed E-state index contributed by atoms with van der Waals surface area (Å²) in [4.78, 5) is 42.4. The molecule has 1 aliphatic rings. The van der Waals surface area contributed by atoms with Gasteiger partial charge in [-0.15, -0.1) is 0 Å². The number of carbonyl (C=O) groups is 2. The van der Waals surface area contributed by atoms with Crippen LogP contribution in [0.5, 0.6) is 11.6 Å². The van der Waals surface area contributed by atoms with Gasteiger partial charge in [-0.2, -0.15) is 0 Å². The van der Waals surface area contributed by atoms with Crippen LogP contribution in [0.3, 0.4) is 0 Å². The average Bonchev–Trinajstić information content (AvgIpc) is 3.00. The highest BCUT2D eigenvalue weighted by Gasteiger charge is 2.32. The predicted octanol–water partition coefficient (Wildman–Crippen LogP) is 4.63. The smallest absolute Gasteiger partial charge is 0.272 e. The van der Waals surface area contributed by atoms with Crippen LogP contribution in [0.4, 0.5) is 5.69 Å². The van der Waals surface area contributed by atoms with E-state index in [0.29, 0.717) is 85.1 Å². The number of anilines is 1. The molecule has 43 heavy (non-hydrogen) atoms. The van der Waals surface area contributed by atoms with Crippen molar-refractivity contribution in [2.75, 3.05) is 64.9 Å². The van der Waals surface area contributed by atoms with Gasteiger partial charge in [0.05, 0.1) is 40.7 Å². The topological polar surface area (TPSA) is 100 Å². The molecule has 3 aromatic rings. The number of amides is 2. The normalized spacial score (nSPS) is 15.0. The maximum atomic E-state index is 13.6. The van der Waals surface area contributed by atoms with Crippen LogP contribution < -0.4 is 19.7 Å². The summed E-state index contributed by atoms with van der Waals surface area (Å²) in [5.74, 6) is 0.722. The van der Waals surface area contributed by atoms with E-state index < -0.39 is 0 Å². The molecule has 3 heterocycles. The van der Waals surface area contributed by atoms with Crippen molar-refractivity contribution >= 4 is 29.1 Å². The fourth-order valence-electron chi connectivity index (χ4n) is 5.12. The molecule has 4 rings (SSSR count). The van der Waals surface area contributed by atoms with Crippen molar-refractivity contribution in [2.24, 2.45) is 0 Å². The van der Waals surface area contributed by atoms with Crippen LogP contribution in [-0.2, 0) is 0 Å². The maximum Gasteiger partial charge on any atom is 0.272 e. The first-order valence-electron chi connectivity index (χ1n) is 14.8. The summed E-state index contributed by atoms with van der Waals surface area (Å²) in [6.45, 7) is 9.54. The molecule has 1 saturated heterocycles. The molecule has 1 aliphatic heterocycles. The van der Waals surface area contributed by atoms with Crippen molar-refractivity contribution in [2.45, 2.75) is 33.2 Å². The van der Waals surface area contributed by atoms with E-state index in [-0.39, 0.29) is 17.9 Å². The summed E-state index contributed by atoms with van der Waals surface area (Å²) < 4.78 is 11.3. The first-order chi connectivity index (χ1) is 20.8. The molecule has 0 radical (unpaired) electrons. The number of rotatable bonds is 12. The molecular formula is C32H41ClN6O4. The molecule has 1 N–H and O–H groups in total. The lowest BCUT2D eigenvalue weighted by Crippen LogP contribution is -2.55. The predicted molar refractivity (Wildman–Crippen MR) is 169 cm³/mol. The SMILES string of the molecule is CCOc1ccc(C(=O)N2CCN(c3ccc(-c4cccnc4OCC)nc3C(=O)NCCN(C)C)[C@H](CC)C2)c(Cl)c1. The number of hydrogen-bond acceptors (Lipinski definition) is 8. The highest BCUT2D eigenvalue weighted by molar-refractivity contribution is 6.34. The second-order valence-corrected chi connectivity index (χ2v) is 10.9. The van der Waals surface area contributed by atoms with Crippen LogP contribution in [0.15, 0.2) is 48.7 Å². The zero-order valence-corrected chi connectivity index (χ0v) is 26.4. The van der Waals surface area contributed by atoms with Crippen molar-refractivity contribution in [1.29, 1.82) is 0 Å². The summed E-state index contributed by atoms with van der Waals surface area (Å²) in [6, 6.07) is 12.7. The third-order valence-corrected chi connectivity index (χ3v) is 7.61. The molecule has 2 amide bonds. The molecule has 230 valence electrons. The number of aromatic nitrogens is 2. The molecule has 0 spiro atoms. The monoisotopic (exact) mass is 608 g/mol. The van der Waals surface area contributed by atoms with Gasteiger partial charge >= 0.3 is 0 Å². The Morgan fingerprint density at radius 2 is 1.86 bits per heavy atom. The molecule has 0 unspecified atom stereocenters. The van der Waals surface area contributed by atoms with E-state index in [1.807, 2.05) is 62.0 Å². The second kappa shape index (κ2) is 15.0. The van der Waals surface area contributed by atoms with Crippen LogP contribution in [0.25, 0.3) is 11.3 Å². The summed E-state index contributed by atoms with van der Waals surface area (Å²) in [5.41, 5.74) is 2.82. The van der Waals surface area contributed by atoms with E-state index in [2.05, 4.69) is 22.1 Å². The number of ether oxygens (including phenoxy) is 2. The first kappa shape index (κ1) is 32.0. The zero-order valence-electron chi connectivity index (χ0n) is 25.6. The Kier molecular flexibility index (Phi) is 11.2. The molecule has 0 saturated carbocycles. The first-order valence-corrected chi connectivity index (χ1v) is 15.1. The van der Waals surface area contributed by atoms with Gasteiger partial charge in [-0.05, 0) is 76.8 Å². The maximum absolute atomic E-state index is 13.6. The Bertz CT molecular complexity index is 1420. The van der Waals surface area contributed by atoms with Crippen LogP contribution in [0, 0.1) is 0 Å². The fraction of sp³-hybridized carbons (Fsp3) is 0.438. The minimum Gasteiger partial charge on any atom is -0.494 e. The van der Waals surface area contributed by atoms with Gasteiger partial charge in [0.15, 0.2) is 5.69 Å². The van der Waals surface area contributed by atoms with E-state index in [1.165, 1.54) is 0 Å². The Labute approximate surface area is 259 Å². The number of halogens is 1. The fourth-order valence-corrected chi connectivity index (χ4v) is 5.37. The molecule has 1 fully saturated rings. The molecule has 1 atom stereocenters. The van der Waals surface area contributed by atoms with E-state index in [9.17, 15) is 9.59 Å². The molecule has 11 heteroatoms. The number of nitrogens with one attached hydrogen (secondary N) is 1. The number of pyridine rings is 2. The third kappa shape index (κ3) is 7.74. The lowest BCUT2D eigenvalue weighted by atomic mass is 10.0. The van der Waals surface area contributed by atoms with Crippen LogP contribution >= 0.6 is 11.6 Å². The number of piperazine rings is 1.